The van der Waals surface area contributed by atoms with E-state index >= 15 is 4.39 Å². The molecule has 0 atom stereocenters. The van der Waals surface area contributed by atoms with Crippen molar-refractivity contribution in [1.82, 2.24) is 14.9 Å². The summed E-state index contributed by atoms with van der Waals surface area (Å²) in [6.07, 6.45) is 4.20. The van der Waals surface area contributed by atoms with E-state index in [0.717, 1.165) is 37.3 Å². The summed E-state index contributed by atoms with van der Waals surface area (Å²) >= 11 is 0. The maximum absolute atomic E-state index is 15.2. The number of hydrogen-bond donors (Lipinski definition) is 1. The monoisotopic (exact) mass is 452 g/mol. The van der Waals surface area contributed by atoms with Crippen LogP contribution in [0.25, 0.3) is 6.08 Å². The van der Waals surface area contributed by atoms with E-state index < -0.39 is 17.4 Å². The number of ether oxygens (including phenoxy) is 1. The first kappa shape index (κ1) is 21.5. The van der Waals surface area contributed by atoms with Gasteiger partial charge in [-0.2, -0.15) is 9.97 Å². The molecule has 1 fully saturated rings. The summed E-state index contributed by atoms with van der Waals surface area (Å²) in [4.78, 5) is 17.8. The minimum atomic E-state index is -0.748. The van der Waals surface area contributed by atoms with Crippen LogP contribution >= 0.6 is 0 Å². The highest BCUT2D eigenvalue weighted by Gasteiger charge is 2.24. The van der Waals surface area contributed by atoms with Crippen LogP contribution in [0.1, 0.15) is 25.0 Å². The van der Waals surface area contributed by atoms with Crippen molar-refractivity contribution in [2.45, 2.75) is 20.3 Å². The van der Waals surface area contributed by atoms with Gasteiger partial charge < -0.3 is 19.9 Å². The van der Waals surface area contributed by atoms with E-state index in [1.54, 1.807) is 6.08 Å². The number of likely N-dealkylation sites (N-methyl/N-ethyl adjacent to an activating group) is 1. The average Bonchev–Trinajstić information content (AvgIpc) is 3.36. The van der Waals surface area contributed by atoms with Crippen molar-refractivity contribution in [3.8, 4) is 11.6 Å². The Morgan fingerprint density at radius 1 is 1.00 bits per heavy atom. The van der Waals surface area contributed by atoms with Gasteiger partial charge in [-0.1, -0.05) is 11.6 Å². The molecule has 3 heterocycles. The fourth-order valence-electron chi connectivity index (χ4n) is 4.18. The van der Waals surface area contributed by atoms with Crippen molar-refractivity contribution >= 4 is 23.7 Å². The molecule has 1 aromatic heterocycles. The summed E-state index contributed by atoms with van der Waals surface area (Å²) in [6, 6.07) is 2.88. The second-order valence-electron chi connectivity index (χ2n) is 8.84. The average molecular weight is 453 g/mol. The number of aliphatic imine (C=N–C) groups is 1. The molecule has 0 saturated carbocycles. The Bertz CT molecular complexity index is 1200. The number of anilines is 2. The number of nitrogens with zero attached hydrogens (tertiary/aromatic N) is 5. The Kier molecular flexibility index (Phi) is 5.57. The summed E-state index contributed by atoms with van der Waals surface area (Å²) in [6.45, 7) is 7.73. The zero-order chi connectivity index (χ0) is 23.1. The molecule has 0 bridgehead atoms. The molecule has 7 nitrogen and oxygen atoms in total. The second-order valence-corrected chi connectivity index (χ2v) is 8.84. The van der Waals surface area contributed by atoms with Gasteiger partial charge in [-0.05, 0) is 50.6 Å². The highest BCUT2D eigenvalue weighted by atomic mass is 19.1. The van der Waals surface area contributed by atoms with Crippen LogP contribution in [0.3, 0.4) is 0 Å². The van der Waals surface area contributed by atoms with Gasteiger partial charge in [0.1, 0.15) is 11.7 Å². The Balaban J connectivity index is 1.49. The summed E-state index contributed by atoms with van der Waals surface area (Å²) in [7, 11) is 2.06. The molecule has 33 heavy (non-hydrogen) atoms. The van der Waals surface area contributed by atoms with Crippen LogP contribution in [0, 0.1) is 11.6 Å². The van der Waals surface area contributed by atoms with Gasteiger partial charge in [-0.3, -0.25) is 4.99 Å². The lowest BCUT2D eigenvalue weighted by molar-refractivity contribution is 0.310. The normalized spacial score (nSPS) is 18.1. The van der Waals surface area contributed by atoms with Gasteiger partial charge in [-0.15, -0.1) is 0 Å². The standard InChI is InChI=1S/C24H26F2N6O/c1-14-8-16-11-18(25)23(22(26)17(16)9-14)33-21-12-20(28-19-10-15(2)13-27-19)29-24(30-21)32-6-4-31(3)5-7-32/h9-12H,4-8,13H2,1-3H3,(H,27,28,29,30). The van der Waals surface area contributed by atoms with Gasteiger partial charge in [0, 0.05) is 37.8 Å². The summed E-state index contributed by atoms with van der Waals surface area (Å²) in [5.41, 5.74) is 3.11. The molecule has 1 aliphatic carbocycles. The van der Waals surface area contributed by atoms with E-state index in [9.17, 15) is 4.39 Å². The number of piperazine rings is 1. The predicted octanol–water partition coefficient (Wildman–Crippen LogP) is 4.03. The lowest BCUT2D eigenvalue weighted by atomic mass is 10.1. The first-order valence-electron chi connectivity index (χ1n) is 11.0. The molecule has 2 aliphatic heterocycles. The molecular formula is C24H26F2N6O. The lowest BCUT2D eigenvalue weighted by Gasteiger charge is -2.32. The molecule has 0 radical (unpaired) electrons. The van der Waals surface area contributed by atoms with Crippen LogP contribution < -0.4 is 15.0 Å². The van der Waals surface area contributed by atoms with E-state index in [1.165, 1.54) is 12.1 Å². The third-order valence-corrected chi connectivity index (χ3v) is 5.98. The molecule has 0 unspecified atom stereocenters. The zero-order valence-electron chi connectivity index (χ0n) is 19.0. The molecule has 2 aromatic rings. The van der Waals surface area contributed by atoms with Gasteiger partial charge in [0.15, 0.2) is 11.6 Å². The third kappa shape index (κ3) is 4.45. The number of hydrogen-bond acceptors (Lipinski definition) is 7. The molecule has 172 valence electrons. The molecule has 3 aliphatic rings. The van der Waals surface area contributed by atoms with Crippen molar-refractivity contribution in [3.05, 3.63) is 52.1 Å². The Morgan fingerprint density at radius 3 is 2.52 bits per heavy atom. The van der Waals surface area contributed by atoms with Gasteiger partial charge >= 0.3 is 0 Å². The smallest absolute Gasteiger partial charge is 0.230 e. The van der Waals surface area contributed by atoms with Crippen LogP contribution in [0.15, 0.2) is 34.3 Å². The molecule has 1 N–H and O–H groups in total. The number of nitrogens with one attached hydrogen (secondary N) is 1. The predicted molar refractivity (Wildman–Crippen MR) is 125 cm³/mol. The van der Waals surface area contributed by atoms with Crippen molar-refractivity contribution in [3.63, 3.8) is 0 Å². The highest BCUT2D eigenvalue weighted by Crippen LogP contribution is 2.37. The van der Waals surface area contributed by atoms with E-state index in [-0.39, 0.29) is 5.88 Å². The second kappa shape index (κ2) is 8.55. The molecule has 0 spiro atoms. The molecule has 0 amide bonds. The first-order chi connectivity index (χ1) is 15.9. The highest BCUT2D eigenvalue weighted by molar-refractivity contribution is 6.05. The fourth-order valence-corrected chi connectivity index (χ4v) is 4.18. The number of fused-ring (bicyclic) bond motifs is 1. The van der Waals surface area contributed by atoms with E-state index in [1.807, 2.05) is 24.8 Å². The van der Waals surface area contributed by atoms with Gasteiger partial charge in [0.2, 0.25) is 17.6 Å². The summed E-state index contributed by atoms with van der Waals surface area (Å²) in [5.74, 6) is -0.273. The van der Waals surface area contributed by atoms with Crippen molar-refractivity contribution in [2.75, 3.05) is 50.0 Å². The maximum atomic E-state index is 15.2. The first-order valence-corrected chi connectivity index (χ1v) is 11.0. The third-order valence-electron chi connectivity index (χ3n) is 5.98. The Morgan fingerprint density at radius 2 is 1.79 bits per heavy atom. The fraction of sp³-hybridized carbons (Fsp3) is 0.375. The van der Waals surface area contributed by atoms with E-state index in [0.29, 0.717) is 41.7 Å². The molecule has 5 rings (SSSR count). The van der Waals surface area contributed by atoms with Gasteiger partial charge in [0.25, 0.3) is 0 Å². The largest absolute Gasteiger partial charge is 0.433 e. The van der Waals surface area contributed by atoms with E-state index in [4.69, 9.17) is 4.74 Å². The van der Waals surface area contributed by atoms with Crippen LogP contribution in [-0.4, -0.2) is 60.5 Å². The minimum absolute atomic E-state index is 0.0668. The summed E-state index contributed by atoms with van der Waals surface area (Å²) < 4.78 is 35.7. The van der Waals surface area contributed by atoms with Crippen molar-refractivity contribution < 1.29 is 13.5 Å². The number of benzene rings is 1. The van der Waals surface area contributed by atoms with E-state index in [2.05, 4.69) is 32.2 Å². The number of allylic oxidation sites excluding steroid dienone is 1. The molecule has 1 aromatic carbocycles. The van der Waals surface area contributed by atoms with Gasteiger partial charge in [-0.25, -0.2) is 8.78 Å². The lowest BCUT2D eigenvalue weighted by Crippen LogP contribution is -2.45. The number of aromatic nitrogens is 2. The molecule has 9 heteroatoms. The number of amidine groups is 1. The molecular weight excluding hydrogens is 426 g/mol. The Hall–Kier alpha value is -3.33. The minimum Gasteiger partial charge on any atom is -0.433 e. The van der Waals surface area contributed by atoms with Crippen molar-refractivity contribution in [1.29, 1.82) is 0 Å². The topological polar surface area (TPSA) is 65.9 Å². The maximum Gasteiger partial charge on any atom is 0.230 e. The van der Waals surface area contributed by atoms with Crippen LogP contribution in [-0.2, 0) is 6.42 Å². The van der Waals surface area contributed by atoms with Crippen LogP contribution in [0.5, 0.6) is 11.6 Å². The number of halogens is 2. The zero-order valence-corrected chi connectivity index (χ0v) is 19.0. The SMILES string of the molecule is CC1=CC(Nc2cc(Oc3c(F)cc4c(c3F)C=C(C)C4)nc(N3CCN(C)CC3)n2)=NC1. The quantitative estimate of drug-likeness (QED) is 0.756. The van der Waals surface area contributed by atoms with Crippen molar-refractivity contribution in [2.24, 2.45) is 4.99 Å². The van der Waals surface area contributed by atoms with Crippen LogP contribution in [0.4, 0.5) is 20.5 Å². The molecule has 1 saturated heterocycles. The van der Waals surface area contributed by atoms with Crippen LogP contribution in [0.2, 0.25) is 0 Å². The van der Waals surface area contributed by atoms with Gasteiger partial charge in [0.05, 0.1) is 6.54 Å². The summed E-state index contributed by atoms with van der Waals surface area (Å²) in [5, 5.41) is 3.17. The number of rotatable bonds is 4. The Labute approximate surface area is 191 Å².